The van der Waals surface area contributed by atoms with Gasteiger partial charge in [-0.25, -0.2) is 0 Å². The second-order valence-corrected chi connectivity index (χ2v) is 29.2. The monoisotopic (exact) mass is 1300 g/mol. The van der Waals surface area contributed by atoms with Gasteiger partial charge in [-0.1, -0.05) is 416 Å². The number of nitrogens with one attached hydrogen (secondary N) is 1. The first-order chi connectivity index (χ1) is 46.0. The van der Waals surface area contributed by atoms with Crippen LogP contribution in [0.25, 0.3) is 0 Å². The summed E-state index contributed by atoms with van der Waals surface area (Å²) in [4.78, 5) is 24.6. The lowest BCUT2D eigenvalue weighted by Gasteiger charge is -2.20. The molecule has 0 aliphatic rings. The molecule has 1 amide bonds. The van der Waals surface area contributed by atoms with Gasteiger partial charge in [-0.15, -0.1) is 0 Å². The first-order valence-corrected chi connectivity index (χ1v) is 42.4. The van der Waals surface area contributed by atoms with Crippen LogP contribution < -0.4 is 5.32 Å². The molecule has 548 valence electrons. The third-order valence-corrected chi connectivity index (χ3v) is 19.8. The first-order valence-electron chi connectivity index (χ1n) is 42.4. The van der Waals surface area contributed by atoms with Crippen molar-refractivity contribution in [2.75, 3.05) is 13.2 Å². The first kappa shape index (κ1) is 90.8. The highest BCUT2D eigenvalue weighted by Crippen LogP contribution is 2.20. The maximum Gasteiger partial charge on any atom is 0.305 e. The topological polar surface area (TPSA) is 95.9 Å². The number of aliphatic hydroxyl groups is 2. The van der Waals surface area contributed by atoms with E-state index in [0.717, 1.165) is 51.4 Å². The Morgan fingerprint density at radius 2 is 0.538 bits per heavy atom. The van der Waals surface area contributed by atoms with Crippen LogP contribution in [0.1, 0.15) is 470 Å². The second-order valence-electron chi connectivity index (χ2n) is 29.2. The number of carbonyl (C=O) groups is 2. The molecule has 0 aliphatic carbocycles. The summed E-state index contributed by atoms with van der Waals surface area (Å²) in [6.07, 6.45) is 110. The zero-order chi connectivity index (χ0) is 67.0. The van der Waals surface area contributed by atoms with Gasteiger partial charge in [0.15, 0.2) is 0 Å². The van der Waals surface area contributed by atoms with Crippen LogP contribution in [0.15, 0.2) is 48.6 Å². The van der Waals surface area contributed by atoms with Crippen LogP contribution in [0.4, 0.5) is 0 Å². The molecule has 0 rings (SSSR count). The standard InChI is InChI=1S/C87H165NO5/c1-3-5-7-9-11-13-15-17-19-20-21-22-23-37-40-43-46-49-52-55-59-63-67-71-75-79-85(90)84(83-89)88-86(91)80-76-72-68-64-60-56-53-50-47-44-41-38-35-33-31-29-27-25-24-26-28-30-32-34-36-39-42-45-48-51-54-58-62-66-70-74-78-82-93-87(92)81-77-73-69-65-61-57-18-16-14-12-10-8-6-4-2/h16,18,24,26,30,32,75,79,84-85,89-90H,3-15,17,19-23,25,27-29,31,33-74,76-78,80-83H2,1-2H3,(H,88,91)/b18-16-,26-24-,32-30-,79-75+. The Kier molecular flexibility index (Phi) is 80.3. The van der Waals surface area contributed by atoms with E-state index in [1.54, 1.807) is 6.08 Å². The van der Waals surface area contributed by atoms with Crippen LogP contribution >= 0.6 is 0 Å². The molecule has 0 saturated heterocycles. The van der Waals surface area contributed by atoms with Crippen molar-refractivity contribution in [3.63, 3.8) is 0 Å². The molecule has 3 N–H and O–H groups in total. The van der Waals surface area contributed by atoms with Gasteiger partial charge in [0.25, 0.3) is 0 Å². The third-order valence-electron chi connectivity index (χ3n) is 19.8. The number of ether oxygens (including phenoxy) is 1. The summed E-state index contributed by atoms with van der Waals surface area (Å²) in [5.74, 6) is -0.0495. The predicted molar refractivity (Wildman–Crippen MR) is 412 cm³/mol. The number of esters is 1. The van der Waals surface area contributed by atoms with Gasteiger partial charge >= 0.3 is 5.97 Å². The van der Waals surface area contributed by atoms with Crippen molar-refractivity contribution in [1.82, 2.24) is 5.32 Å². The minimum atomic E-state index is -0.845. The summed E-state index contributed by atoms with van der Waals surface area (Å²) in [6, 6.07) is -0.628. The summed E-state index contributed by atoms with van der Waals surface area (Å²) in [6.45, 7) is 4.94. The van der Waals surface area contributed by atoms with E-state index in [4.69, 9.17) is 4.74 Å². The zero-order valence-corrected chi connectivity index (χ0v) is 63.0. The highest BCUT2D eigenvalue weighted by molar-refractivity contribution is 5.76. The average Bonchev–Trinajstić information content (AvgIpc) is 3.77. The molecule has 0 bridgehead atoms. The fourth-order valence-corrected chi connectivity index (χ4v) is 13.4. The molecule has 0 spiro atoms. The van der Waals surface area contributed by atoms with Crippen molar-refractivity contribution in [2.45, 2.75) is 482 Å². The lowest BCUT2D eigenvalue weighted by Crippen LogP contribution is -2.45. The summed E-state index contributed by atoms with van der Waals surface area (Å²) in [5, 5.41) is 23.3. The second kappa shape index (κ2) is 82.2. The lowest BCUT2D eigenvalue weighted by atomic mass is 10.0. The Hall–Kier alpha value is -2.18. The minimum Gasteiger partial charge on any atom is -0.466 e. The highest BCUT2D eigenvalue weighted by atomic mass is 16.5. The number of amides is 1. The molecule has 2 atom stereocenters. The maximum absolute atomic E-state index is 12.6. The van der Waals surface area contributed by atoms with Crippen LogP contribution in [0, 0.1) is 0 Å². The Morgan fingerprint density at radius 1 is 0.301 bits per heavy atom. The van der Waals surface area contributed by atoms with Crippen LogP contribution in [0.3, 0.4) is 0 Å². The fourth-order valence-electron chi connectivity index (χ4n) is 13.4. The third kappa shape index (κ3) is 78.7. The molecule has 93 heavy (non-hydrogen) atoms. The van der Waals surface area contributed by atoms with Gasteiger partial charge in [0.1, 0.15) is 0 Å². The average molecular weight is 1310 g/mol. The maximum atomic E-state index is 12.6. The number of rotatable bonds is 80. The number of hydrogen-bond acceptors (Lipinski definition) is 5. The molecule has 0 aromatic carbocycles. The van der Waals surface area contributed by atoms with Crippen molar-refractivity contribution in [1.29, 1.82) is 0 Å². The van der Waals surface area contributed by atoms with Crippen LogP contribution in [0.5, 0.6) is 0 Å². The molecule has 2 unspecified atom stereocenters. The van der Waals surface area contributed by atoms with Crippen molar-refractivity contribution in [2.24, 2.45) is 0 Å². The largest absolute Gasteiger partial charge is 0.466 e. The smallest absolute Gasteiger partial charge is 0.305 e. The molecule has 0 aliphatic heterocycles. The Balaban J connectivity index is 3.39. The van der Waals surface area contributed by atoms with Crippen LogP contribution in [0.2, 0.25) is 0 Å². The normalized spacial score (nSPS) is 12.7. The van der Waals surface area contributed by atoms with E-state index < -0.39 is 12.1 Å². The molecular formula is C87H165NO5. The molecule has 0 radical (unpaired) electrons. The lowest BCUT2D eigenvalue weighted by molar-refractivity contribution is -0.143. The van der Waals surface area contributed by atoms with Gasteiger partial charge in [0.2, 0.25) is 5.91 Å². The van der Waals surface area contributed by atoms with Crippen molar-refractivity contribution >= 4 is 11.9 Å². The van der Waals surface area contributed by atoms with E-state index in [9.17, 15) is 19.8 Å². The number of aliphatic hydroxyl groups excluding tert-OH is 2. The van der Waals surface area contributed by atoms with Crippen molar-refractivity contribution in [3.8, 4) is 0 Å². The molecule has 0 aromatic heterocycles. The summed E-state index contributed by atoms with van der Waals surface area (Å²) in [7, 11) is 0. The Bertz CT molecular complexity index is 1550. The van der Waals surface area contributed by atoms with Crippen LogP contribution in [-0.2, 0) is 14.3 Å². The van der Waals surface area contributed by atoms with E-state index in [1.165, 1.54) is 392 Å². The molecule has 0 fully saturated rings. The summed E-state index contributed by atoms with van der Waals surface area (Å²) < 4.78 is 5.49. The van der Waals surface area contributed by atoms with Gasteiger partial charge in [0, 0.05) is 12.8 Å². The summed E-state index contributed by atoms with van der Waals surface area (Å²) in [5.41, 5.74) is 0. The number of hydrogen-bond donors (Lipinski definition) is 3. The van der Waals surface area contributed by atoms with Gasteiger partial charge in [0.05, 0.1) is 25.4 Å². The van der Waals surface area contributed by atoms with Gasteiger partial charge in [-0.05, 0) is 89.9 Å². The van der Waals surface area contributed by atoms with Gasteiger partial charge < -0.3 is 20.3 Å². The number of allylic oxidation sites excluding steroid dienone is 7. The molecule has 6 nitrogen and oxygen atoms in total. The van der Waals surface area contributed by atoms with Gasteiger partial charge in [-0.3, -0.25) is 9.59 Å². The minimum absolute atomic E-state index is 0.0106. The van der Waals surface area contributed by atoms with Crippen LogP contribution in [-0.4, -0.2) is 47.4 Å². The number of carbonyl (C=O) groups excluding carboxylic acids is 2. The molecular weight excluding hydrogens is 1140 g/mol. The SMILES string of the molecule is CCCCCCC/C=C\CCCCCCCC(=O)OCCCCCCCCCCCCCCC/C=C\C/C=C\CCCCCCCCCCCCCCCCCCCC(=O)NC(CO)C(O)/C=C/CCCCCCCCCCCCCCCCCCCCCCCCC. The molecule has 0 heterocycles. The Labute approximate surface area is 582 Å². The Morgan fingerprint density at radius 3 is 0.828 bits per heavy atom. The highest BCUT2D eigenvalue weighted by Gasteiger charge is 2.18. The van der Waals surface area contributed by atoms with E-state index >= 15 is 0 Å². The van der Waals surface area contributed by atoms with Crippen molar-refractivity contribution < 1.29 is 24.5 Å². The molecule has 6 heteroatoms. The molecule has 0 saturated carbocycles. The van der Waals surface area contributed by atoms with E-state index in [2.05, 4.69) is 55.6 Å². The zero-order valence-electron chi connectivity index (χ0n) is 63.0. The van der Waals surface area contributed by atoms with Crippen molar-refractivity contribution in [3.05, 3.63) is 48.6 Å². The number of unbranched alkanes of at least 4 members (excludes halogenated alkanes) is 63. The van der Waals surface area contributed by atoms with Gasteiger partial charge in [-0.2, -0.15) is 0 Å². The molecule has 0 aromatic rings. The summed E-state index contributed by atoms with van der Waals surface area (Å²) >= 11 is 0. The van der Waals surface area contributed by atoms with E-state index in [1.807, 2.05) is 6.08 Å². The van der Waals surface area contributed by atoms with E-state index in [-0.39, 0.29) is 18.5 Å². The quantitative estimate of drug-likeness (QED) is 0.0320. The predicted octanol–water partition coefficient (Wildman–Crippen LogP) is 28.3. The fraction of sp³-hybridized carbons (Fsp3) is 0.885. The van der Waals surface area contributed by atoms with E-state index in [0.29, 0.717) is 19.4 Å².